The molecule has 0 aliphatic heterocycles. The minimum Gasteiger partial charge on any atom is -0.316 e. The van der Waals surface area contributed by atoms with E-state index in [-0.39, 0.29) is 5.82 Å². The zero-order valence-corrected chi connectivity index (χ0v) is 11.5. The lowest BCUT2D eigenvalue weighted by atomic mass is 9.89. The van der Waals surface area contributed by atoms with E-state index in [1.165, 1.54) is 24.8 Å². The van der Waals surface area contributed by atoms with Gasteiger partial charge < -0.3 is 5.32 Å². The summed E-state index contributed by atoms with van der Waals surface area (Å²) in [4.78, 5) is 0. The van der Waals surface area contributed by atoms with Crippen molar-refractivity contribution in [2.45, 2.75) is 39.0 Å². The van der Waals surface area contributed by atoms with E-state index in [0.717, 1.165) is 13.1 Å². The first-order valence-corrected chi connectivity index (χ1v) is 7.13. The highest BCUT2D eigenvalue weighted by Crippen LogP contribution is 2.39. The molecule has 0 heterocycles. The van der Waals surface area contributed by atoms with Gasteiger partial charge in [0.15, 0.2) is 0 Å². The van der Waals surface area contributed by atoms with Gasteiger partial charge in [-0.3, -0.25) is 0 Å². The maximum absolute atomic E-state index is 12.9. The number of rotatable bonds is 5. The van der Waals surface area contributed by atoms with Gasteiger partial charge in [-0.2, -0.15) is 0 Å². The summed E-state index contributed by atoms with van der Waals surface area (Å²) in [6.45, 7) is 6.66. The summed E-state index contributed by atoms with van der Waals surface area (Å²) in [5.41, 5.74) is 1.31. The number of benzene rings is 1. The van der Waals surface area contributed by atoms with Crippen LogP contribution in [0.25, 0.3) is 0 Å². The van der Waals surface area contributed by atoms with E-state index in [4.69, 9.17) is 0 Å². The summed E-state index contributed by atoms with van der Waals surface area (Å²) in [6, 6.07) is 7.10. The Hall–Kier alpha value is -0.890. The molecule has 1 N–H and O–H groups in total. The van der Waals surface area contributed by atoms with Gasteiger partial charge in [-0.1, -0.05) is 32.4 Å². The molecule has 1 aliphatic rings. The van der Waals surface area contributed by atoms with Crippen molar-refractivity contribution in [1.29, 1.82) is 0 Å². The first-order valence-electron chi connectivity index (χ1n) is 7.13. The van der Waals surface area contributed by atoms with Crippen molar-refractivity contribution >= 4 is 0 Å². The Balaban J connectivity index is 1.92. The molecule has 100 valence electrons. The number of nitrogens with one attached hydrogen (secondary N) is 1. The Morgan fingerprint density at radius 1 is 1.22 bits per heavy atom. The topological polar surface area (TPSA) is 12.0 Å². The predicted octanol–water partition coefficient (Wildman–Crippen LogP) is 3.96. The zero-order valence-electron chi connectivity index (χ0n) is 11.5. The lowest BCUT2D eigenvalue weighted by molar-refractivity contribution is 0.425. The maximum Gasteiger partial charge on any atom is 0.123 e. The fourth-order valence-corrected chi connectivity index (χ4v) is 2.99. The van der Waals surface area contributed by atoms with Crippen LogP contribution in [0.15, 0.2) is 24.3 Å². The van der Waals surface area contributed by atoms with Crippen molar-refractivity contribution in [1.82, 2.24) is 5.32 Å². The van der Waals surface area contributed by atoms with E-state index in [0.29, 0.717) is 17.8 Å². The van der Waals surface area contributed by atoms with Crippen molar-refractivity contribution in [3.8, 4) is 0 Å². The van der Waals surface area contributed by atoms with Gasteiger partial charge >= 0.3 is 0 Å². The van der Waals surface area contributed by atoms with Gasteiger partial charge in [0.05, 0.1) is 0 Å². The smallest absolute Gasteiger partial charge is 0.123 e. The van der Waals surface area contributed by atoms with Crippen LogP contribution < -0.4 is 5.32 Å². The van der Waals surface area contributed by atoms with Crippen molar-refractivity contribution in [3.63, 3.8) is 0 Å². The average Bonchev–Trinajstić information content (AvgIpc) is 2.78. The van der Waals surface area contributed by atoms with E-state index in [1.54, 1.807) is 12.1 Å². The number of hydrogen-bond donors (Lipinski definition) is 1. The lowest BCUT2D eigenvalue weighted by Gasteiger charge is -2.21. The first-order chi connectivity index (χ1) is 8.66. The number of hydrogen-bond acceptors (Lipinski definition) is 1. The van der Waals surface area contributed by atoms with Gasteiger partial charge in [-0.05, 0) is 61.4 Å². The second-order valence-corrected chi connectivity index (χ2v) is 5.90. The van der Waals surface area contributed by atoms with E-state index >= 15 is 0 Å². The van der Waals surface area contributed by atoms with Crippen LogP contribution >= 0.6 is 0 Å². The van der Waals surface area contributed by atoms with Crippen LogP contribution in [0.4, 0.5) is 4.39 Å². The van der Waals surface area contributed by atoms with Gasteiger partial charge in [0.1, 0.15) is 5.82 Å². The monoisotopic (exact) mass is 249 g/mol. The third-order valence-electron chi connectivity index (χ3n) is 3.92. The largest absolute Gasteiger partial charge is 0.316 e. The first kappa shape index (κ1) is 13.5. The van der Waals surface area contributed by atoms with Crippen molar-refractivity contribution in [2.24, 2.45) is 11.8 Å². The number of halogens is 1. The minimum atomic E-state index is -0.133. The van der Waals surface area contributed by atoms with Crippen LogP contribution in [0.5, 0.6) is 0 Å². The summed E-state index contributed by atoms with van der Waals surface area (Å²) in [6.07, 6.45) is 3.85. The molecule has 1 aliphatic carbocycles. The molecule has 1 nitrogen and oxygen atoms in total. The molecule has 18 heavy (non-hydrogen) atoms. The molecule has 2 atom stereocenters. The molecule has 0 saturated heterocycles. The summed E-state index contributed by atoms with van der Waals surface area (Å²) in [5, 5.41) is 3.56. The van der Waals surface area contributed by atoms with Gasteiger partial charge in [0.25, 0.3) is 0 Å². The molecule has 2 heteroatoms. The van der Waals surface area contributed by atoms with Crippen LogP contribution in [0, 0.1) is 17.7 Å². The fourth-order valence-electron chi connectivity index (χ4n) is 2.99. The van der Waals surface area contributed by atoms with Crippen molar-refractivity contribution in [3.05, 3.63) is 35.6 Å². The molecule has 2 unspecified atom stereocenters. The third kappa shape index (κ3) is 3.55. The van der Waals surface area contributed by atoms with Crippen molar-refractivity contribution < 1.29 is 4.39 Å². The van der Waals surface area contributed by atoms with Crippen LogP contribution in [-0.2, 0) is 0 Å². The Labute approximate surface area is 110 Å². The van der Waals surface area contributed by atoms with Gasteiger partial charge in [-0.15, -0.1) is 0 Å². The Morgan fingerprint density at radius 2 is 1.94 bits per heavy atom. The molecule has 1 fully saturated rings. The van der Waals surface area contributed by atoms with E-state index < -0.39 is 0 Å². The molecule has 0 amide bonds. The molecule has 0 aromatic heterocycles. The van der Waals surface area contributed by atoms with Gasteiger partial charge in [0, 0.05) is 0 Å². The predicted molar refractivity (Wildman–Crippen MR) is 74.2 cm³/mol. The molecule has 0 spiro atoms. The molecule has 1 saturated carbocycles. The second kappa shape index (κ2) is 6.33. The third-order valence-corrected chi connectivity index (χ3v) is 3.92. The highest BCUT2D eigenvalue weighted by atomic mass is 19.1. The molecular weight excluding hydrogens is 225 g/mol. The van der Waals surface area contributed by atoms with Gasteiger partial charge in [-0.25, -0.2) is 4.39 Å². The molecule has 0 bridgehead atoms. The molecule has 1 aromatic rings. The fraction of sp³-hybridized carbons (Fsp3) is 0.625. The zero-order chi connectivity index (χ0) is 13.0. The standard InChI is InChI=1S/C16H24FN/c1-12(2)10-18-11-14-4-3-5-16(14)13-6-8-15(17)9-7-13/h6-9,12,14,16,18H,3-5,10-11H2,1-2H3. The maximum atomic E-state index is 12.9. The van der Waals surface area contributed by atoms with Crippen LogP contribution in [0.2, 0.25) is 0 Å². The van der Waals surface area contributed by atoms with Crippen LogP contribution in [-0.4, -0.2) is 13.1 Å². The molecule has 1 aromatic carbocycles. The van der Waals surface area contributed by atoms with Crippen LogP contribution in [0.3, 0.4) is 0 Å². The Bertz CT molecular complexity index is 358. The van der Waals surface area contributed by atoms with E-state index in [2.05, 4.69) is 19.2 Å². The summed E-state index contributed by atoms with van der Waals surface area (Å²) >= 11 is 0. The second-order valence-electron chi connectivity index (χ2n) is 5.90. The summed E-state index contributed by atoms with van der Waals surface area (Å²) in [7, 11) is 0. The highest BCUT2D eigenvalue weighted by Gasteiger charge is 2.28. The summed E-state index contributed by atoms with van der Waals surface area (Å²) < 4.78 is 12.9. The lowest BCUT2D eigenvalue weighted by Crippen LogP contribution is -2.27. The molecule has 0 radical (unpaired) electrons. The van der Waals surface area contributed by atoms with Crippen LogP contribution in [0.1, 0.15) is 44.6 Å². The quantitative estimate of drug-likeness (QED) is 0.833. The summed E-state index contributed by atoms with van der Waals surface area (Å²) in [5.74, 6) is 1.90. The Kier molecular flexibility index (Phi) is 4.76. The average molecular weight is 249 g/mol. The van der Waals surface area contributed by atoms with E-state index in [9.17, 15) is 4.39 Å². The molecular formula is C16H24FN. The minimum absolute atomic E-state index is 0.133. The SMILES string of the molecule is CC(C)CNCC1CCCC1c1ccc(F)cc1. The van der Waals surface area contributed by atoms with Crippen molar-refractivity contribution in [2.75, 3.05) is 13.1 Å². The van der Waals surface area contributed by atoms with Gasteiger partial charge in [0.2, 0.25) is 0 Å². The molecule has 2 rings (SSSR count). The normalized spacial score (nSPS) is 23.8. The Morgan fingerprint density at radius 3 is 2.61 bits per heavy atom. The highest BCUT2D eigenvalue weighted by molar-refractivity contribution is 5.22. The van der Waals surface area contributed by atoms with E-state index in [1.807, 2.05) is 12.1 Å².